The van der Waals surface area contributed by atoms with Crippen LogP contribution in [0.15, 0.2) is 115 Å². The van der Waals surface area contributed by atoms with Crippen molar-refractivity contribution in [1.29, 1.82) is 0 Å². The third-order valence-electron chi connectivity index (χ3n) is 8.74. The van der Waals surface area contributed by atoms with E-state index in [2.05, 4.69) is 119 Å². The Bertz CT molecular complexity index is 2230. The Morgan fingerprint density at radius 3 is 2.02 bits per heavy atom. The van der Waals surface area contributed by atoms with E-state index >= 15 is 0 Å². The molecular formula is C42H38N3OPt-. The number of rotatable bonds is 4. The van der Waals surface area contributed by atoms with Crippen LogP contribution in [-0.4, -0.2) is 19.6 Å². The van der Waals surface area contributed by atoms with E-state index < -0.39 is 0 Å². The van der Waals surface area contributed by atoms with E-state index in [1.165, 1.54) is 11.1 Å². The molecule has 0 atom stereocenters. The molecule has 238 valence electrons. The molecular weight excluding hydrogens is 758 g/mol. The summed E-state index contributed by atoms with van der Waals surface area (Å²) in [5.41, 5.74) is 9.47. The topological polar surface area (TPSA) is 50.9 Å². The zero-order valence-electron chi connectivity index (χ0n) is 27.6. The average molecular weight is 796 g/mol. The van der Waals surface area contributed by atoms with Crippen molar-refractivity contribution < 1.29 is 26.2 Å². The van der Waals surface area contributed by atoms with Gasteiger partial charge in [-0.15, -0.1) is 29.3 Å². The molecule has 0 saturated carbocycles. The fourth-order valence-corrected chi connectivity index (χ4v) is 6.11. The van der Waals surface area contributed by atoms with Crippen molar-refractivity contribution >= 4 is 21.8 Å². The van der Waals surface area contributed by atoms with Gasteiger partial charge in [-0.2, -0.15) is 0 Å². The summed E-state index contributed by atoms with van der Waals surface area (Å²) in [4.78, 5) is 10.2. The fourth-order valence-electron chi connectivity index (χ4n) is 6.11. The van der Waals surface area contributed by atoms with Crippen LogP contribution in [0.25, 0.3) is 61.3 Å². The molecule has 1 N–H and O–H groups in total. The van der Waals surface area contributed by atoms with E-state index in [0.717, 1.165) is 49.9 Å². The zero-order chi connectivity index (χ0) is 32.2. The summed E-state index contributed by atoms with van der Waals surface area (Å²) < 4.78 is 2.17. The van der Waals surface area contributed by atoms with Gasteiger partial charge in [0.05, 0.1) is 16.6 Å². The first-order valence-corrected chi connectivity index (χ1v) is 15.8. The van der Waals surface area contributed by atoms with Gasteiger partial charge < -0.3 is 5.11 Å². The monoisotopic (exact) mass is 795 g/mol. The summed E-state index contributed by atoms with van der Waals surface area (Å²) in [6.07, 6.45) is 1.88. The van der Waals surface area contributed by atoms with Crippen molar-refractivity contribution in [1.82, 2.24) is 14.5 Å². The van der Waals surface area contributed by atoms with E-state index in [4.69, 9.17) is 9.97 Å². The molecule has 47 heavy (non-hydrogen) atoms. The van der Waals surface area contributed by atoms with E-state index in [1.807, 2.05) is 42.6 Å². The second-order valence-electron chi connectivity index (χ2n) is 14.1. The maximum Gasteiger partial charge on any atom is 0.148 e. The average Bonchev–Trinajstić information content (AvgIpc) is 3.43. The van der Waals surface area contributed by atoms with Crippen molar-refractivity contribution in [3.63, 3.8) is 0 Å². The number of hydrogen-bond donors (Lipinski definition) is 1. The zero-order valence-corrected chi connectivity index (χ0v) is 29.8. The number of hydrogen-bond acceptors (Lipinski definition) is 3. The molecule has 0 aliphatic heterocycles. The standard InChI is InChI=1S/C42H38N3O.Pt/c1-41(2,3)30-23-28(22-29(24-30)38-33-17-11-10-14-27(33)20-21-43-38)35-25-31(42(4,5)6)26-36-39(35)44-40(34-18-12-13-19-37(34)46)45(36)32-15-8-7-9-16-32;/h7-21,23-26,46H,1-6H3;/q-1;. The second kappa shape index (κ2) is 12.2. The minimum atomic E-state index is -0.133. The van der Waals surface area contributed by atoms with Crippen LogP contribution in [0, 0.1) is 6.07 Å². The van der Waals surface area contributed by atoms with E-state index in [0.29, 0.717) is 11.4 Å². The largest absolute Gasteiger partial charge is 0.507 e. The van der Waals surface area contributed by atoms with Gasteiger partial charge in [-0.25, -0.2) is 4.98 Å². The minimum Gasteiger partial charge on any atom is -0.507 e. The van der Waals surface area contributed by atoms with Gasteiger partial charge in [0.2, 0.25) is 0 Å². The molecule has 0 saturated heterocycles. The van der Waals surface area contributed by atoms with Gasteiger partial charge in [0.25, 0.3) is 0 Å². The van der Waals surface area contributed by atoms with Gasteiger partial charge in [0, 0.05) is 38.6 Å². The molecule has 2 aromatic heterocycles. The Morgan fingerprint density at radius 1 is 0.660 bits per heavy atom. The molecule has 0 spiro atoms. The van der Waals surface area contributed by atoms with E-state index in [9.17, 15) is 5.11 Å². The summed E-state index contributed by atoms with van der Waals surface area (Å²) in [7, 11) is 0. The summed E-state index contributed by atoms with van der Waals surface area (Å²) in [6, 6.07) is 41.0. The van der Waals surface area contributed by atoms with Crippen LogP contribution >= 0.6 is 0 Å². The molecule has 2 heterocycles. The predicted octanol–water partition coefficient (Wildman–Crippen LogP) is 10.7. The number of aromatic hydroxyl groups is 1. The summed E-state index contributed by atoms with van der Waals surface area (Å²) >= 11 is 0. The van der Waals surface area contributed by atoms with Crippen LogP contribution in [-0.2, 0) is 31.9 Å². The van der Waals surface area contributed by atoms with Crippen LogP contribution in [0.1, 0.15) is 52.7 Å². The molecule has 7 rings (SSSR count). The molecule has 5 aromatic carbocycles. The number of nitrogens with zero attached hydrogens (tertiary/aromatic N) is 3. The van der Waals surface area contributed by atoms with Crippen molar-refractivity contribution in [2.45, 2.75) is 52.4 Å². The molecule has 5 heteroatoms. The molecule has 0 aliphatic carbocycles. The first kappa shape index (κ1) is 32.4. The molecule has 0 radical (unpaired) electrons. The minimum absolute atomic E-state index is 0. The molecule has 0 fully saturated rings. The Kier molecular flexibility index (Phi) is 8.44. The van der Waals surface area contributed by atoms with Crippen LogP contribution in [0.5, 0.6) is 5.75 Å². The number of imidazole rings is 1. The van der Waals surface area contributed by atoms with Gasteiger partial charge in [-0.1, -0.05) is 113 Å². The number of phenols is 1. The summed E-state index contributed by atoms with van der Waals surface area (Å²) in [5, 5.41) is 13.3. The van der Waals surface area contributed by atoms with Crippen molar-refractivity contribution in [2.24, 2.45) is 0 Å². The Balaban J connectivity index is 0.00000386. The number of phenolic OH excluding ortho intramolecular Hbond substituents is 1. The van der Waals surface area contributed by atoms with Crippen LogP contribution < -0.4 is 0 Å². The number of fused-ring (bicyclic) bond motifs is 2. The summed E-state index contributed by atoms with van der Waals surface area (Å²) in [5.74, 6) is 0.882. The van der Waals surface area contributed by atoms with Crippen LogP contribution in [0.4, 0.5) is 0 Å². The Hall–Kier alpha value is -4.53. The van der Waals surface area contributed by atoms with E-state index in [1.54, 1.807) is 6.07 Å². The van der Waals surface area contributed by atoms with Gasteiger partial charge in [0.15, 0.2) is 0 Å². The Labute approximate surface area is 291 Å². The first-order chi connectivity index (χ1) is 22.0. The summed E-state index contributed by atoms with van der Waals surface area (Å²) in [6.45, 7) is 13.5. The third-order valence-corrected chi connectivity index (χ3v) is 8.74. The quantitative estimate of drug-likeness (QED) is 0.181. The molecule has 0 amide bonds. The second-order valence-corrected chi connectivity index (χ2v) is 14.1. The van der Waals surface area contributed by atoms with Gasteiger partial charge in [-0.3, -0.25) is 9.55 Å². The molecule has 0 bridgehead atoms. The maximum absolute atomic E-state index is 11.0. The Morgan fingerprint density at radius 2 is 1.30 bits per heavy atom. The van der Waals surface area contributed by atoms with Crippen molar-refractivity contribution in [3.05, 3.63) is 133 Å². The number of para-hydroxylation sites is 2. The van der Waals surface area contributed by atoms with Crippen molar-refractivity contribution in [2.75, 3.05) is 0 Å². The normalized spacial score (nSPS) is 12.0. The fraction of sp³-hybridized carbons (Fsp3) is 0.190. The van der Waals surface area contributed by atoms with Crippen LogP contribution in [0.2, 0.25) is 0 Å². The number of pyridine rings is 1. The smallest absolute Gasteiger partial charge is 0.148 e. The first-order valence-electron chi connectivity index (χ1n) is 15.8. The number of benzene rings is 5. The van der Waals surface area contributed by atoms with Gasteiger partial charge in [0.1, 0.15) is 11.6 Å². The third kappa shape index (κ3) is 6.03. The van der Waals surface area contributed by atoms with Crippen molar-refractivity contribution in [3.8, 4) is 45.2 Å². The molecule has 0 unspecified atom stereocenters. The predicted molar refractivity (Wildman–Crippen MR) is 191 cm³/mol. The van der Waals surface area contributed by atoms with Crippen LogP contribution in [0.3, 0.4) is 0 Å². The molecule has 0 aliphatic rings. The number of aromatic nitrogens is 3. The van der Waals surface area contributed by atoms with E-state index in [-0.39, 0.29) is 37.6 Å². The molecule has 4 nitrogen and oxygen atoms in total. The SMILES string of the molecule is CC(C)(C)c1cc(-c2nccc3ccccc23)[c-]c(-c2cc(C(C)(C)C)cc3c2nc(-c2ccccc2O)n3-c2ccccc2)c1.[Pt]. The van der Waals surface area contributed by atoms with Gasteiger partial charge in [-0.05, 0) is 63.6 Å². The molecule has 7 aromatic rings. The maximum atomic E-state index is 11.0. The van der Waals surface area contributed by atoms with Gasteiger partial charge >= 0.3 is 0 Å².